The second-order valence-electron chi connectivity index (χ2n) is 8.26. The second kappa shape index (κ2) is 11.0. The minimum Gasteiger partial charge on any atom is -0.349 e. The molecule has 3 aromatic carbocycles. The zero-order chi connectivity index (χ0) is 24.8. The Morgan fingerprint density at radius 3 is 2.17 bits per heavy atom. The van der Waals surface area contributed by atoms with Gasteiger partial charge in [0.25, 0.3) is 17.7 Å². The van der Waals surface area contributed by atoms with E-state index in [9.17, 15) is 14.4 Å². The molecule has 0 saturated heterocycles. The third-order valence-corrected chi connectivity index (χ3v) is 5.78. The number of benzene rings is 3. The summed E-state index contributed by atoms with van der Waals surface area (Å²) >= 11 is 6.14. The van der Waals surface area contributed by atoms with Gasteiger partial charge in [-0.25, -0.2) is 5.48 Å². The summed E-state index contributed by atoms with van der Waals surface area (Å²) in [6.07, 6.45) is 3.76. The van der Waals surface area contributed by atoms with Gasteiger partial charge in [0, 0.05) is 34.3 Å². The van der Waals surface area contributed by atoms with E-state index in [0.29, 0.717) is 21.7 Å². The minimum absolute atomic E-state index is 0.154. The maximum absolute atomic E-state index is 12.9. The van der Waals surface area contributed by atoms with Crippen LogP contribution in [0, 0.1) is 0 Å². The van der Waals surface area contributed by atoms with Crippen LogP contribution < -0.4 is 16.1 Å². The molecule has 3 amide bonds. The molecule has 8 heteroatoms. The zero-order valence-corrected chi connectivity index (χ0v) is 19.5. The average molecular weight is 490 g/mol. The molecule has 0 aromatic heterocycles. The van der Waals surface area contributed by atoms with Crippen molar-refractivity contribution in [1.29, 1.82) is 0 Å². The van der Waals surface area contributed by atoms with Crippen LogP contribution in [0.5, 0.6) is 0 Å². The van der Waals surface area contributed by atoms with Gasteiger partial charge in [0.1, 0.15) is 0 Å². The van der Waals surface area contributed by atoms with E-state index in [1.807, 2.05) is 6.07 Å². The Bertz CT molecular complexity index is 1270. The summed E-state index contributed by atoms with van der Waals surface area (Å²) in [5.74, 6) is -1.00. The molecule has 7 nitrogen and oxygen atoms in total. The standard InChI is InChI=1S/C27H24ClN3O4/c28-22-3-1-2-21(15-22)24(27(34)30-23-12-13-23)14-17-4-8-19(9-5-17)25(32)29-16-18-6-10-20(11-7-18)26(33)31-35/h1-11,14-15,23,35H,12-13,16H2,(H,29,32)(H,30,34)(H,31,33)/b24-14-. The van der Waals surface area contributed by atoms with E-state index in [1.54, 1.807) is 78.3 Å². The third-order valence-electron chi connectivity index (χ3n) is 5.55. The van der Waals surface area contributed by atoms with Crippen LogP contribution in [0.15, 0.2) is 72.8 Å². The Morgan fingerprint density at radius 2 is 1.54 bits per heavy atom. The molecule has 0 unspecified atom stereocenters. The van der Waals surface area contributed by atoms with E-state index in [-0.39, 0.29) is 24.4 Å². The molecule has 1 saturated carbocycles. The quantitative estimate of drug-likeness (QED) is 0.164. The number of hydroxylamine groups is 1. The average Bonchev–Trinajstić information content (AvgIpc) is 3.70. The smallest absolute Gasteiger partial charge is 0.274 e. The van der Waals surface area contributed by atoms with Gasteiger partial charge in [-0.15, -0.1) is 0 Å². The number of carbonyl (C=O) groups is 3. The fourth-order valence-electron chi connectivity index (χ4n) is 3.45. The molecule has 0 atom stereocenters. The van der Waals surface area contributed by atoms with Gasteiger partial charge >= 0.3 is 0 Å². The number of halogens is 1. The highest BCUT2D eigenvalue weighted by atomic mass is 35.5. The summed E-state index contributed by atoms with van der Waals surface area (Å²) in [4.78, 5) is 36.8. The van der Waals surface area contributed by atoms with Gasteiger partial charge in [-0.05, 0) is 72.0 Å². The molecule has 4 N–H and O–H groups in total. The molecular weight excluding hydrogens is 466 g/mol. The largest absolute Gasteiger partial charge is 0.349 e. The number of rotatable bonds is 8. The lowest BCUT2D eigenvalue weighted by molar-refractivity contribution is -0.115. The van der Waals surface area contributed by atoms with Crippen molar-refractivity contribution in [3.63, 3.8) is 0 Å². The number of carbonyl (C=O) groups excluding carboxylic acids is 3. The van der Waals surface area contributed by atoms with Crippen molar-refractivity contribution in [2.45, 2.75) is 25.4 Å². The van der Waals surface area contributed by atoms with E-state index in [0.717, 1.165) is 29.5 Å². The van der Waals surface area contributed by atoms with Crippen LogP contribution in [0.3, 0.4) is 0 Å². The Labute approximate surface area is 207 Å². The first-order valence-electron chi connectivity index (χ1n) is 11.1. The molecule has 35 heavy (non-hydrogen) atoms. The lowest BCUT2D eigenvalue weighted by atomic mass is 10.0. The summed E-state index contributed by atoms with van der Waals surface area (Å²) < 4.78 is 0. The van der Waals surface area contributed by atoms with Crippen LogP contribution in [0.2, 0.25) is 5.02 Å². The Balaban J connectivity index is 1.44. The Kier molecular flexibility index (Phi) is 7.60. The molecule has 4 rings (SSSR count). The summed E-state index contributed by atoms with van der Waals surface area (Å²) in [5, 5.41) is 15.1. The van der Waals surface area contributed by atoms with Gasteiger partial charge in [0.05, 0.1) is 0 Å². The fraction of sp³-hybridized carbons (Fsp3) is 0.148. The predicted molar refractivity (Wildman–Crippen MR) is 134 cm³/mol. The van der Waals surface area contributed by atoms with E-state index in [1.165, 1.54) is 0 Å². The van der Waals surface area contributed by atoms with Crippen molar-refractivity contribution in [3.8, 4) is 0 Å². The van der Waals surface area contributed by atoms with E-state index >= 15 is 0 Å². The maximum atomic E-state index is 12.9. The monoisotopic (exact) mass is 489 g/mol. The molecule has 1 aliphatic rings. The Hall–Kier alpha value is -3.94. The van der Waals surface area contributed by atoms with Gasteiger partial charge in [0.15, 0.2) is 0 Å². The highest BCUT2D eigenvalue weighted by Crippen LogP contribution is 2.25. The highest BCUT2D eigenvalue weighted by Gasteiger charge is 2.25. The zero-order valence-electron chi connectivity index (χ0n) is 18.8. The van der Waals surface area contributed by atoms with Crippen LogP contribution in [0.25, 0.3) is 11.6 Å². The van der Waals surface area contributed by atoms with Gasteiger partial charge in [-0.1, -0.05) is 48.0 Å². The summed E-state index contributed by atoms with van der Waals surface area (Å²) in [5.41, 5.74) is 5.18. The number of amides is 3. The summed E-state index contributed by atoms with van der Waals surface area (Å²) in [6, 6.07) is 20.9. The Morgan fingerprint density at radius 1 is 0.886 bits per heavy atom. The molecule has 0 heterocycles. The van der Waals surface area contributed by atoms with E-state index in [2.05, 4.69) is 10.6 Å². The number of hydrogen-bond acceptors (Lipinski definition) is 4. The molecular formula is C27H24ClN3O4. The van der Waals surface area contributed by atoms with E-state index < -0.39 is 5.91 Å². The molecule has 0 aliphatic heterocycles. The molecule has 3 aromatic rings. The van der Waals surface area contributed by atoms with Crippen LogP contribution >= 0.6 is 11.6 Å². The van der Waals surface area contributed by atoms with Crippen molar-refractivity contribution in [3.05, 3.63) is 106 Å². The van der Waals surface area contributed by atoms with Crippen molar-refractivity contribution in [1.82, 2.24) is 16.1 Å². The van der Waals surface area contributed by atoms with Crippen LogP contribution in [-0.2, 0) is 11.3 Å². The minimum atomic E-state index is -0.599. The molecule has 0 spiro atoms. The highest BCUT2D eigenvalue weighted by molar-refractivity contribution is 6.31. The number of hydrogen-bond donors (Lipinski definition) is 4. The lowest BCUT2D eigenvalue weighted by Gasteiger charge is -2.10. The molecule has 0 radical (unpaired) electrons. The first-order chi connectivity index (χ1) is 16.9. The van der Waals surface area contributed by atoms with Crippen molar-refractivity contribution < 1.29 is 19.6 Å². The summed E-state index contributed by atoms with van der Waals surface area (Å²) in [6.45, 7) is 0.280. The van der Waals surface area contributed by atoms with Crippen molar-refractivity contribution >= 4 is 41.0 Å². The first-order valence-corrected chi connectivity index (χ1v) is 11.5. The van der Waals surface area contributed by atoms with Crippen molar-refractivity contribution in [2.75, 3.05) is 0 Å². The van der Waals surface area contributed by atoms with E-state index in [4.69, 9.17) is 16.8 Å². The maximum Gasteiger partial charge on any atom is 0.274 e. The molecule has 1 fully saturated rings. The van der Waals surface area contributed by atoms with Gasteiger partial charge in [0.2, 0.25) is 0 Å². The van der Waals surface area contributed by atoms with Crippen LogP contribution in [0.4, 0.5) is 0 Å². The fourth-order valence-corrected chi connectivity index (χ4v) is 3.64. The molecule has 178 valence electrons. The topological polar surface area (TPSA) is 108 Å². The number of nitrogens with one attached hydrogen (secondary N) is 3. The van der Waals surface area contributed by atoms with Gasteiger partial charge < -0.3 is 10.6 Å². The van der Waals surface area contributed by atoms with Gasteiger partial charge in [-0.3, -0.25) is 19.6 Å². The second-order valence-corrected chi connectivity index (χ2v) is 8.70. The first kappa shape index (κ1) is 24.2. The third kappa shape index (κ3) is 6.56. The lowest BCUT2D eigenvalue weighted by Crippen LogP contribution is -2.26. The van der Waals surface area contributed by atoms with Gasteiger partial charge in [-0.2, -0.15) is 0 Å². The van der Waals surface area contributed by atoms with Crippen LogP contribution in [0.1, 0.15) is 50.2 Å². The molecule has 0 bridgehead atoms. The van der Waals surface area contributed by atoms with Crippen molar-refractivity contribution in [2.24, 2.45) is 0 Å². The molecule has 1 aliphatic carbocycles. The SMILES string of the molecule is O=C(NC1CC1)/C(=C\c1ccc(C(=O)NCc2ccc(C(=O)NO)cc2)cc1)c1cccc(Cl)c1. The normalized spacial score (nSPS) is 13.1. The summed E-state index contributed by atoms with van der Waals surface area (Å²) in [7, 11) is 0. The predicted octanol–water partition coefficient (Wildman–Crippen LogP) is 4.21. The van der Waals surface area contributed by atoms with Crippen LogP contribution in [-0.4, -0.2) is 29.0 Å².